The molecule has 0 spiro atoms. The first kappa shape index (κ1) is 17.9. The second kappa shape index (κ2) is 7.61. The fourth-order valence-corrected chi connectivity index (χ4v) is 3.26. The molecule has 0 saturated carbocycles. The summed E-state index contributed by atoms with van der Waals surface area (Å²) in [4.78, 5) is 13.3. The number of nitrogens with zero attached hydrogens (tertiary/aromatic N) is 2. The third-order valence-corrected chi connectivity index (χ3v) is 4.81. The minimum absolute atomic E-state index is 0.186. The van der Waals surface area contributed by atoms with Crippen molar-refractivity contribution in [2.75, 3.05) is 5.32 Å². The van der Waals surface area contributed by atoms with Crippen molar-refractivity contribution >= 4 is 22.5 Å². The van der Waals surface area contributed by atoms with Crippen molar-refractivity contribution in [1.82, 2.24) is 10.2 Å². The molecule has 4 aromatic rings. The van der Waals surface area contributed by atoms with Crippen LogP contribution in [0.15, 0.2) is 72.8 Å². The van der Waals surface area contributed by atoms with Crippen LogP contribution in [-0.2, 0) is 6.42 Å². The number of nitrogens with one attached hydrogen (secondary N) is 1. The summed E-state index contributed by atoms with van der Waals surface area (Å²) in [5.41, 5.74) is 5.76. The summed E-state index contributed by atoms with van der Waals surface area (Å²) in [5, 5.41) is 12.6. The van der Waals surface area contributed by atoms with Crippen molar-refractivity contribution in [3.05, 3.63) is 89.5 Å². The van der Waals surface area contributed by atoms with E-state index in [2.05, 4.69) is 22.4 Å². The number of benzene rings is 3. The SMILES string of the molecule is CCc1ccc(NC(=O)c2c(-c3ccccc3)nnc3ccc(C)cc23)cc1. The second-order valence-corrected chi connectivity index (χ2v) is 6.81. The predicted molar refractivity (Wildman–Crippen MR) is 113 cm³/mol. The predicted octanol–water partition coefficient (Wildman–Crippen LogP) is 5.42. The quantitative estimate of drug-likeness (QED) is 0.524. The van der Waals surface area contributed by atoms with Crippen molar-refractivity contribution in [2.24, 2.45) is 0 Å². The van der Waals surface area contributed by atoms with E-state index in [1.54, 1.807) is 0 Å². The summed E-state index contributed by atoms with van der Waals surface area (Å²) in [7, 11) is 0. The van der Waals surface area contributed by atoms with Gasteiger partial charge in [0.05, 0.1) is 11.1 Å². The van der Waals surface area contributed by atoms with Gasteiger partial charge in [-0.25, -0.2) is 0 Å². The van der Waals surface area contributed by atoms with Crippen LogP contribution in [0.5, 0.6) is 0 Å². The van der Waals surface area contributed by atoms with Crippen LogP contribution in [0.2, 0.25) is 0 Å². The molecule has 0 saturated heterocycles. The summed E-state index contributed by atoms with van der Waals surface area (Å²) in [6, 6.07) is 23.5. The van der Waals surface area contributed by atoms with Gasteiger partial charge in [0, 0.05) is 16.6 Å². The third kappa shape index (κ3) is 3.49. The lowest BCUT2D eigenvalue weighted by molar-refractivity contribution is 0.102. The molecule has 0 atom stereocenters. The Hall–Kier alpha value is -3.53. The molecule has 138 valence electrons. The highest BCUT2D eigenvalue weighted by atomic mass is 16.1. The van der Waals surface area contributed by atoms with Crippen LogP contribution in [0.4, 0.5) is 5.69 Å². The van der Waals surface area contributed by atoms with Crippen molar-refractivity contribution in [3.8, 4) is 11.3 Å². The van der Waals surface area contributed by atoms with Crippen molar-refractivity contribution in [3.63, 3.8) is 0 Å². The standard InChI is InChI=1S/C24H21N3O/c1-3-17-10-12-19(13-11-17)25-24(28)22-20-15-16(2)9-14-21(20)26-27-23(22)18-7-5-4-6-8-18/h4-15H,3H2,1-2H3,(H,25,28). The first-order valence-corrected chi connectivity index (χ1v) is 9.38. The Balaban J connectivity index is 1.84. The molecule has 0 radical (unpaired) electrons. The first-order valence-electron chi connectivity index (χ1n) is 9.38. The number of carbonyl (C=O) groups is 1. The lowest BCUT2D eigenvalue weighted by Crippen LogP contribution is -2.15. The van der Waals surface area contributed by atoms with Gasteiger partial charge < -0.3 is 5.32 Å². The lowest BCUT2D eigenvalue weighted by Gasteiger charge is -2.13. The lowest BCUT2D eigenvalue weighted by atomic mass is 10.00. The van der Waals surface area contributed by atoms with Gasteiger partial charge in [0.25, 0.3) is 5.91 Å². The van der Waals surface area contributed by atoms with Gasteiger partial charge in [-0.05, 0) is 43.2 Å². The van der Waals surface area contributed by atoms with Gasteiger partial charge in [-0.2, -0.15) is 0 Å². The molecule has 28 heavy (non-hydrogen) atoms. The Morgan fingerprint density at radius 1 is 0.929 bits per heavy atom. The van der Waals surface area contributed by atoms with Gasteiger partial charge in [-0.1, -0.05) is 61.0 Å². The highest BCUT2D eigenvalue weighted by Crippen LogP contribution is 2.28. The molecular weight excluding hydrogens is 346 g/mol. The fourth-order valence-electron chi connectivity index (χ4n) is 3.26. The number of fused-ring (bicyclic) bond motifs is 1. The molecule has 0 unspecified atom stereocenters. The van der Waals surface area contributed by atoms with Gasteiger partial charge in [0.15, 0.2) is 0 Å². The van der Waals surface area contributed by atoms with E-state index in [1.807, 2.05) is 79.7 Å². The van der Waals surface area contributed by atoms with E-state index in [0.717, 1.165) is 28.6 Å². The zero-order valence-corrected chi connectivity index (χ0v) is 15.9. The summed E-state index contributed by atoms with van der Waals surface area (Å²) in [5.74, 6) is -0.186. The number of rotatable bonds is 4. The summed E-state index contributed by atoms with van der Waals surface area (Å²) in [6.45, 7) is 4.12. The zero-order chi connectivity index (χ0) is 19.5. The van der Waals surface area contributed by atoms with Gasteiger partial charge in [-0.3, -0.25) is 4.79 Å². The molecule has 0 bridgehead atoms. The van der Waals surface area contributed by atoms with E-state index >= 15 is 0 Å². The van der Waals surface area contributed by atoms with Crippen molar-refractivity contribution < 1.29 is 4.79 Å². The summed E-state index contributed by atoms with van der Waals surface area (Å²) >= 11 is 0. The van der Waals surface area contributed by atoms with E-state index in [0.29, 0.717) is 16.8 Å². The number of aryl methyl sites for hydroxylation is 2. The number of aromatic nitrogens is 2. The molecule has 0 aliphatic carbocycles. The number of amides is 1. The van der Waals surface area contributed by atoms with E-state index in [1.165, 1.54) is 5.56 Å². The second-order valence-electron chi connectivity index (χ2n) is 6.81. The van der Waals surface area contributed by atoms with E-state index in [-0.39, 0.29) is 5.91 Å². The number of hydrogen-bond donors (Lipinski definition) is 1. The Morgan fingerprint density at radius 2 is 1.68 bits per heavy atom. The molecule has 1 aromatic heterocycles. The van der Waals surface area contributed by atoms with Crippen LogP contribution < -0.4 is 5.32 Å². The van der Waals surface area contributed by atoms with Crippen LogP contribution >= 0.6 is 0 Å². The van der Waals surface area contributed by atoms with Crippen molar-refractivity contribution in [2.45, 2.75) is 20.3 Å². The Bertz CT molecular complexity index is 1140. The van der Waals surface area contributed by atoms with Gasteiger partial charge in [-0.15, -0.1) is 10.2 Å². The normalized spacial score (nSPS) is 10.8. The molecule has 0 fully saturated rings. The highest BCUT2D eigenvalue weighted by Gasteiger charge is 2.19. The summed E-state index contributed by atoms with van der Waals surface area (Å²) < 4.78 is 0. The number of hydrogen-bond acceptors (Lipinski definition) is 3. The number of anilines is 1. The van der Waals surface area contributed by atoms with Crippen LogP contribution in [-0.4, -0.2) is 16.1 Å². The fraction of sp³-hybridized carbons (Fsp3) is 0.125. The largest absolute Gasteiger partial charge is 0.322 e. The molecule has 4 heteroatoms. The van der Waals surface area contributed by atoms with Gasteiger partial charge in [0.1, 0.15) is 5.69 Å². The average Bonchev–Trinajstić information content (AvgIpc) is 2.74. The summed E-state index contributed by atoms with van der Waals surface area (Å²) in [6.07, 6.45) is 0.963. The van der Waals surface area contributed by atoms with Gasteiger partial charge >= 0.3 is 0 Å². The molecular formula is C24H21N3O. The number of carbonyl (C=O) groups excluding carboxylic acids is 1. The van der Waals surface area contributed by atoms with Crippen LogP contribution in [0.3, 0.4) is 0 Å². The molecule has 1 amide bonds. The van der Waals surface area contributed by atoms with E-state index in [4.69, 9.17) is 0 Å². The topological polar surface area (TPSA) is 54.9 Å². The molecule has 3 aromatic carbocycles. The molecule has 0 aliphatic heterocycles. The molecule has 1 heterocycles. The monoisotopic (exact) mass is 367 g/mol. The molecule has 4 nitrogen and oxygen atoms in total. The smallest absolute Gasteiger partial charge is 0.258 e. The van der Waals surface area contributed by atoms with Gasteiger partial charge in [0.2, 0.25) is 0 Å². The maximum absolute atomic E-state index is 13.3. The minimum atomic E-state index is -0.186. The van der Waals surface area contributed by atoms with Crippen LogP contribution in [0.1, 0.15) is 28.4 Å². The van der Waals surface area contributed by atoms with Crippen LogP contribution in [0, 0.1) is 6.92 Å². The maximum Gasteiger partial charge on any atom is 0.258 e. The van der Waals surface area contributed by atoms with Crippen LogP contribution in [0.25, 0.3) is 22.2 Å². The Kier molecular flexibility index (Phi) is 4.85. The maximum atomic E-state index is 13.3. The molecule has 0 aliphatic rings. The van der Waals surface area contributed by atoms with E-state index in [9.17, 15) is 4.79 Å². The average molecular weight is 367 g/mol. The molecule has 1 N–H and O–H groups in total. The highest BCUT2D eigenvalue weighted by molar-refractivity contribution is 6.16. The Labute approximate surface area is 164 Å². The van der Waals surface area contributed by atoms with E-state index < -0.39 is 0 Å². The third-order valence-electron chi connectivity index (χ3n) is 4.81. The molecule has 4 rings (SSSR count). The first-order chi connectivity index (χ1) is 13.7. The van der Waals surface area contributed by atoms with Crippen molar-refractivity contribution in [1.29, 1.82) is 0 Å². The zero-order valence-electron chi connectivity index (χ0n) is 15.9. The minimum Gasteiger partial charge on any atom is -0.322 e. The Morgan fingerprint density at radius 3 is 2.39 bits per heavy atom.